The van der Waals surface area contributed by atoms with E-state index in [9.17, 15) is 0 Å². The maximum absolute atomic E-state index is 8.12. The lowest BCUT2D eigenvalue weighted by Crippen LogP contribution is -2.29. The van der Waals surface area contributed by atoms with Crippen molar-refractivity contribution >= 4 is 17.5 Å². The van der Waals surface area contributed by atoms with Crippen LogP contribution in [0.3, 0.4) is 0 Å². The lowest BCUT2D eigenvalue weighted by Gasteiger charge is -2.27. The molecular formula is C12H18N2O2S. The van der Waals surface area contributed by atoms with Gasteiger partial charge in [-0.3, -0.25) is 0 Å². The maximum Gasteiger partial charge on any atom is 0.373 e. The van der Waals surface area contributed by atoms with Crippen LogP contribution in [-0.4, -0.2) is 36.2 Å². The minimum absolute atomic E-state index is 0.250. The third-order valence-electron chi connectivity index (χ3n) is 3.00. The van der Waals surface area contributed by atoms with Crippen molar-refractivity contribution in [1.29, 1.82) is 0 Å². The van der Waals surface area contributed by atoms with Crippen LogP contribution in [0.15, 0.2) is 5.38 Å². The molecule has 0 saturated carbocycles. The van der Waals surface area contributed by atoms with Crippen LogP contribution >= 0.6 is 11.3 Å². The van der Waals surface area contributed by atoms with E-state index in [1.807, 2.05) is 11.3 Å². The summed E-state index contributed by atoms with van der Waals surface area (Å²) < 4.78 is 0. The SMILES string of the molecule is CCc1csc(C2CCN(C)CC2)n1.O=C=O. The lowest BCUT2D eigenvalue weighted by atomic mass is 9.98. The first kappa shape index (κ1) is 14.0. The first-order valence-electron chi connectivity index (χ1n) is 5.83. The molecule has 94 valence electrons. The van der Waals surface area contributed by atoms with Gasteiger partial charge in [-0.1, -0.05) is 6.92 Å². The molecule has 0 aliphatic carbocycles. The zero-order chi connectivity index (χ0) is 12.7. The van der Waals surface area contributed by atoms with E-state index in [2.05, 4.69) is 29.2 Å². The maximum atomic E-state index is 8.12. The van der Waals surface area contributed by atoms with E-state index >= 15 is 0 Å². The first-order chi connectivity index (χ1) is 8.21. The molecule has 0 spiro atoms. The highest BCUT2D eigenvalue weighted by Crippen LogP contribution is 2.29. The number of aryl methyl sites for hydroxylation is 1. The number of carbonyl (C=O) groups excluding carboxylic acids is 2. The van der Waals surface area contributed by atoms with E-state index in [0.29, 0.717) is 0 Å². The smallest absolute Gasteiger partial charge is 0.306 e. The minimum Gasteiger partial charge on any atom is -0.306 e. The second kappa shape index (κ2) is 7.33. The number of thiazole rings is 1. The molecule has 1 fully saturated rings. The predicted octanol–water partition coefficient (Wildman–Crippen LogP) is 1.93. The van der Waals surface area contributed by atoms with Crippen molar-refractivity contribution < 1.29 is 9.59 Å². The molecule has 1 aromatic rings. The molecule has 17 heavy (non-hydrogen) atoms. The minimum atomic E-state index is 0.250. The Morgan fingerprint density at radius 3 is 2.53 bits per heavy atom. The van der Waals surface area contributed by atoms with Crippen molar-refractivity contribution in [2.75, 3.05) is 20.1 Å². The highest BCUT2D eigenvalue weighted by molar-refractivity contribution is 7.09. The molecule has 1 saturated heterocycles. The Bertz CT molecular complexity index is 364. The highest BCUT2D eigenvalue weighted by atomic mass is 32.1. The number of likely N-dealkylation sites (tertiary alicyclic amines) is 1. The number of nitrogens with zero attached hydrogens (tertiary/aromatic N) is 2. The number of hydrogen-bond acceptors (Lipinski definition) is 5. The van der Waals surface area contributed by atoms with E-state index in [1.54, 1.807) is 0 Å². The van der Waals surface area contributed by atoms with Gasteiger partial charge in [0.05, 0.1) is 10.7 Å². The molecule has 1 aliphatic rings. The average molecular weight is 254 g/mol. The summed E-state index contributed by atoms with van der Waals surface area (Å²) in [5.41, 5.74) is 1.27. The Morgan fingerprint density at radius 2 is 2.06 bits per heavy atom. The molecule has 0 aromatic carbocycles. The molecule has 2 heterocycles. The van der Waals surface area contributed by atoms with Gasteiger partial charge in [-0.15, -0.1) is 11.3 Å². The molecule has 4 nitrogen and oxygen atoms in total. The summed E-state index contributed by atoms with van der Waals surface area (Å²) in [6, 6.07) is 0. The molecule has 5 heteroatoms. The van der Waals surface area contributed by atoms with Gasteiger partial charge in [0.25, 0.3) is 0 Å². The van der Waals surface area contributed by atoms with Crippen LogP contribution in [0.4, 0.5) is 0 Å². The van der Waals surface area contributed by atoms with Crippen LogP contribution in [-0.2, 0) is 16.0 Å². The van der Waals surface area contributed by atoms with E-state index in [-0.39, 0.29) is 6.15 Å². The molecular weight excluding hydrogens is 236 g/mol. The van der Waals surface area contributed by atoms with Crippen molar-refractivity contribution in [2.45, 2.75) is 32.1 Å². The summed E-state index contributed by atoms with van der Waals surface area (Å²) >= 11 is 1.85. The van der Waals surface area contributed by atoms with Crippen LogP contribution in [0.25, 0.3) is 0 Å². The molecule has 0 bridgehead atoms. The largest absolute Gasteiger partial charge is 0.373 e. The van der Waals surface area contributed by atoms with Crippen LogP contribution in [0, 0.1) is 0 Å². The summed E-state index contributed by atoms with van der Waals surface area (Å²) in [6.45, 7) is 4.63. The van der Waals surface area contributed by atoms with Gasteiger partial charge >= 0.3 is 6.15 Å². The monoisotopic (exact) mass is 254 g/mol. The molecule has 0 unspecified atom stereocenters. The highest BCUT2D eigenvalue weighted by Gasteiger charge is 2.20. The fourth-order valence-electron chi connectivity index (χ4n) is 1.93. The first-order valence-corrected chi connectivity index (χ1v) is 6.71. The summed E-state index contributed by atoms with van der Waals surface area (Å²) in [6.07, 6.45) is 3.89. The van der Waals surface area contributed by atoms with E-state index in [4.69, 9.17) is 9.59 Å². The van der Waals surface area contributed by atoms with Crippen molar-refractivity contribution in [3.63, 3.8) is 0 Å². The van der Waals surface area contributed by atoms with Crippen molar-refractivity contribution in [1.82, 2.24) is 9.88 Å². The van der Waals surface area contributed by atoms with Gasteiger partial charge in [-0.2, -0.15) is 9.59 Å². The standard InChI is InChI=1S/C11H18N2S.CO2/c1-3-10-8-14-11(12-10)9-4-6-13(2)7-5-9;2-1-3/h8-9H,3-7H2,1-2H3;. The van der Waals surface area contributed by atoms with Gasteiger partial charge in [0.2, 0.25) is 0 Å². The molecule has 0 atom stereocenters. The van der Waals surface area contributed by atoms with Crippen LogP contribution in [0.5, 0.6) is 0 Å². The fraction of sp³-hybridized carbons (Fsp3) is 0.667. The van der Waals surface area contributed by atoms with Crippen molar-refractivity contribution in [3.05, 3.63) is 16.1 Å². The second-order valence-electron chi connectivity index (χ2n) is 4.19. The number of piperidine rings is 1. The topological polar surface area (TPSA) is 50.3 Å². The molecule has 1 aromatic heterocycles. The van der Waals surface area contributed by atoms with Gasteiger partial charge in [0.15, 0.2) is 0 Å². The zero-order valence-corrected chi connectivity index (χ0v) is 11.1. The fourth-order valence-corrected chi connectivity index (χ4v) is 3.00. The Balaban J connectivity index is 0.000000437. The second-order valence-corrected chi connectivity index (χ2v) is 5.08. The normalized spacial score (nSPS) is 17.1. The molecule has 2 rings (SSSR count). The third-order valence-corrected chi connectivity index (χ3v) is 4.06. The predicted molar refractivity (Wildman–Crippen MR) is 66.0 cm³/mol. The van der Waals surface area contributed by atoms with Gasteiger partial charge in [-0.05, 0) is 39.4 Å². The molecule has 1 aliphatic heterocycles. The lowest BCUT2D eigenvalue weighted by molar-refractivity contribution is -0.191. The quantitative estimate of drug-likeness (QED) is 0.809. The molecule has 0 N–H and O–H groups in total. The average Bonchev–Trinajstić information content (AvgIpc) is 2.80. The van der Waals surface area contributed by atoms with Gasteiger partial charge in [-0.25, -0.2) is 4.98 Å². The van der Waals surface area contributed by atoms with Crippen LogP contribution in [0.1, 0.15) is 36.4 Å². The Labute approximate surface area is 106 Å². The summed E-state index contributed by atoms with van der Waals surface area (Å²) in [5.74, 6) is 0.733. The molecule has 0 radical (unpaired) electrons. The molecule has 0 amide bonds. The summed E-state index contributed by atoms with van der Waals surface area (Å²) in [7, 11) is 2.20. The van der Waals surface area contributed by atoms with Gasteiger partial charge in [0.1, 0.15) is 0 Å². The zero-order valence-electron chi connectivity index (χ0n) is 10.3. The Kier molecular flexibility index (Phi) is 6.05. The van der Waals surface area contributed by atoms with Gasteiger partial charge in [0, 0.05) is 11.3 Å². The van der Waals surface area contributed by atoms with Crippen LogP contribution < -0.4 is 0 Å². The van der Waals surface area contributed by atoms with E-state index in [1.165, 1.54) is 36.6 Å². The van der Waals surface area contributed by atoms with E-state index in [0.717, 1.165) is 12.3 Å². The Hall–Kier alpha value is -1.03. The van der Waals surface area contributed by atoms with Crippen LogP contribution in [0.2, 0.25) is 0 Å². The van der Waals surface area contributed by atoms with E-state index < -0.39 is 0 Å². The number of rotatable bonds is 2. The number of aromatic nitrogens is 1. The summed E-state index contributed by atoms with van der Waals surface area (Å²) in [4.78, 5) is 23.3. The number of hydrogen-bond donors (Lipinski definition) is 0. The van der Waals surface area contributed by atoms with Gasteiger partial charge < -0.3 is 4.90 Å². The van der Waals surface area contributed by atoms with Crippen molar-refractivity contribution in [2.24, 2.45) is 0 Å². The van der Waals surface area contributed by atoms with Crippen molar-refractivity contribution in [3.8, 4) is 0 Å². The summed E-state index contributed by atoms with van der Waals surface area (Å²) in [5, 5.41) is 3.59. The Morgan fingerprint density at radius 1 is 1.47 bits per heavy atom. The third kappa shape index (κ3) is 4.38.